The Bertz CT molecular complexity index is 953. The molecule has 0 bridgehead atoms. The molecule has 5 nitrogen and oxygen atoms in total. The Morgan fingerprint density at radius 2 is 1.93 bits per heavy atom. The topological polar surface area (TPSA) is 61.8 Å². The fourth-order valence-electron chi connectivity index (χ4n) is 3.79. The molecule has 1 fully saturated rings. The molecule has 1 saturated carbocycles. The highest BCUT2D eigenvalue weighted by Crippen LogP contribution is 2.36. The van der Waals surface area contributed by atoms with Gasteiger partial charge in [-0.15, -0.1) is 0 Å². The molecule has 1 heterocycles. The molecule has 4 rings (SSSR count). The Kier molecular flexibility index (Phi) is 5.65. The van der Waals surface area contributed by atoms with Crippen LogP contribution in [0.15, 0.2) is 48.2 Å². The second kappa shape index (κ2) is 8.52. The average molecular weight is 392 g/mol. The van der Waals surface area contributed by atoms with Crippen LogP contribution in [0.25, 0.3) is 6.08 Å². The maximum Gasteiger partial charge on any atom is 0.314 e. The van der Waals surface area contributed by atoms with Gasteiger partial charge in [0.1, 0.15) is 17.2 Å². The van der Waals surface area contributed by atoms with E-state index in [-0.39, 0.29) is 23.4 Å². The number of carbonyl (C=O) groups excluding carboxylic acids is 2. The lowest BCUT2D eigenvalue weighted by molar-refractivity contribution is -0.140. The van der Waals surface area contributed by atoms with Crippen LogP contribution in [0.2, 0.25) is 0 Å². The van der Waals surface area contributed by atoms with Crippen molar-refractivity contribution in [2.24, 2.45) is 5.92 Å². The van der Waals surface area contributed by atoms with Gasteiger partial charge in [0.25, 0.3) is 0 Å². The molecule has 150 valence electrons. The minimum absolute atomic E-state index is 0.0462. The number of hydrogen-bond acceptors (Lipinski definition) is 5. The van der Waals surface area contributed by atoms with Crippen LogP contribution in [0.4, 0.5) is 0 Å². The van der Waals surface area contributed by atoms with E-state index in [1.165, 1.54) is 6.42 Å². The Morgan fingerprint density at radius 1 is 1.14 bits per heavy atom. The Balaban J connectivity index is 1.55. The van der Waals surface area contributed by atoms with E-state index in [4.69, 9.17) is 14.2 Å². The second-order valence-electron chi connectivity index (χ2n) is 7.32. The molecular formula is C24H24O5. The lowest BCUT2D eigenvalue weighted by atomic mass is 9.89. The quantitative estimate of drug-likeness (QED) is 0.398. The van der Waals surface area contributed by atoms with Gasteiger partial charge in [-0.05, 0) is 44.0 Å². The maximum absolute atomic E-state index is 12.7. The van der Waals surface area contributed by atoms with Crippen LogP contribution in [-0.2, 0) is 4.79 Å². The minimum atomic E-state index is -0.198. The summed E-state index contributed by atoms with van der Waals surface area (Å²) in [6, 6.07) is 12.4. The number of para-hydroxylation sites is 1. The van der Waals surface area contributed by atoms with E-state index in [2.05, 4.69) is 0 Å². The van der Waals surface area contributed by atoms with Crippen molar-refractivity contribution in [1.82, 2.24) is 0 Å². The van der Waals surface area contributed by atoms with Gasteiger partial charge in [0.05, 0.1) is 18.1 Å². The number of Topliss-reactive ketones (excluding diaryl/α,β-unsaturated/α-hetero) is 1. The van der Waals surface area contributed by atoms with Gasteiger partial charge < -0.3 is 14.2 Å². The second-order valence-corrected chi connectivity index (χ2v) is 7.32. The molecule has 1 aliphatic heterocycles. The van der Waals surface area contributed by atoms with Crippen LogP contribution in [0, 0.1) is 5.92 Å². The fourth-order valence-corrected chi connectivity index (χ4v) is 3.79. The predicted octanol–water partition coefficient (Wildman–Crippen LogP) is 5.19. The van der Waals surface area contributed by atoms with Gasteiger partial charge in [-0.1, -0.05) is 37.5 Å². The van der Waals surface area contributed by atoms with Gasteiger partial charge in [-0.25, -0.2) is 0 Å². The molecule has 0 amide bonds. The molecule has 0 aromatic heterocycles. The number of esters is 1. The fraction of sp³-hybridized carbons (Fsp3) is 0.333. The summed E-state index contributed by atoms with van der Waals surface area (Å²) in [4.78, 5) is 25.3. The van der Waals surface area contributed by atoms with Crippen LogP contribution in [0.3, 0.4) is 0 Å². The van der Waals surface area contributed by atoms with Crippen molar-refractivity contribution in [3.05, 3.63) is 59.4 Å². The van der Waals surface area contributed by atoms with Crippen molar-refractivity contribution < 1.29 is 23.8 Å². The lowest BCUT2D eigenvalue weighted by Gasteiger charge is -2.20. The number of rotatable bonds is 5. The minimum Gasteiger partial charge on any atom is -0.494 e. The van der Waals surface area contributed by atoms with Crippen LogP contribution in [-0.4, -0.2) is 18.4 Å². The number of benzene rings is 2. The predicted molar refractivity (Wildman–Crippen MR) is 109 cm³/mol. The number of allylic oxidation sites excluding steroid dienone is 1. The molecule has 0 N–H and O–H groups in total. The molecule has 2 aromatic rings. The average Bonchev–Trinajstić information content (AvgIpc) is 3.05. The SMILES string of the molecule is CCOc1ccc2c(c1)O/C(=C\c1ccccc1OC(=O)C1CCCCC1)C2=O. The zero-order valence-electron chi connectivity index (χ0n) is 16.5. The molecule has 29 heavy (non-hydrogen) atoms. The van der Waals surface area contributed by atoms with E-state index < -0.39 is 0 Å². The summed E-state index contributed by atoms with van der Waals surface area (Å²) < 4.78 is 16.9. The summed E-state index contributed by atoms with van der Waals surface area (Å²) in [7, 11) is 0. The first-order chi connectivity index (χ1) is 14.2. The molecule has 1 aliphatic carbocycles. The van der Waals surface area contributed by atoms with Crippen molar-refractivity contribution >= 4 is 17.8 Å². The summed E-state index contributed by atoms with van der Waals surface area (Å²) in [6.07, 6.45) is 6.69. The molecular weight excluding hydrogens is 368 g/mol. The first kappa shape index (κ1) is 19.2. The van der Waals surface area contributed by atoms with E-state index in [0.717, 1.165) is 25.7 Å². The summed E-state index contributed by atoms with van der Waals surface area (Å²) in [5.41, 5.74) is 1.13. The van der Waals surface area contributed by atoms with E-state index in [9.17, 15) is 9.59 Å². The number of ketones is 1. The highest BCUT2D eigenvalue weighted by molar-refractivity contribution is 6.14. The summed E-state index contributed by atoms with van der Waals surface area (Å²) in [5, 5.41) is 0. The molecule has 0 spiro atoms. The van der Waals surface area contributed by atoms with Crippen LogP contribution >= 0.6 is 0 Å². The van der Waals surface area contributed by atoms with E-state index in [0.29, 0.717) is 35.0 Å². The Hall–Kier alpha value is -3.08. The molecule has 0 radical (unpaired) electrons. The van der Waals surface area contributed by atoms with Gasteiger partial charge >= 0.3 is 5.97 Å². The zero-order chi connectivity index (χ0) is 20.2. The number of hydrogen-bond donors (Lipinski definition) is 0. The Morgan fingerprint density at radius 3 is 2.72 bits per heavy atom. The van der Waals surface area contributed by atoms with Crippen molar-refractivity contribution in [2.45, 2.75) is 39.0 Å². The highest BCUT2D eigenvalue weighted by atomic mass is 16.5. The zero-order valence-corrected chi connectivity index (χ0v) is 16.5. The van der Waals surface area contributed by atoms with Crippen molar-refractivity contribution in [2.75, 3.05) is 6.61 Å². The smallest absolute Gasteiger partial charge is 0.314 e. The number of ether oxygens (including phenoxy) is 3. The van der Waals surface area contributed by atoms with Crippen molar-refractivity contribution in [3.8, 4) is 17.2 Å². The van der Waals surface area contributed by atoms with E-state index in [1.807, 2.05) is 25.1 Å². The van der Waals surface area contributed by atoms with Crippen molar-refractivity contribution in [1.29, 1.82) is 0 Å². The number of carbonyl (C=O) groups is 2. The first-order valence-corrected chi connectivity index (χ1v) is 10.2. The molecule has 0 saturated heterocycles. The van der Waals surface area contributed by atoms with Gasteiger partial charge in [0.2, 0.25) is 5.78 Å². The largest absolute Gasteiger partial charge is 0.494 e. The van der Waals surface area contributed by atoms with Crippen molar-refractivity contribution in [3.63, 3.8) is 0 Å². The highest BCUT2D eigenvalue weighted by Gasteiger charge is 2.28. The summed E-state index contributed by atoms with van der Waals surface area (Å²) in [6.45, 7) is 2.44. The molecule has 5 heteroatoms. The molecule has 0 unspecified atom stereocenters. The number of fused-ring (bicyclic) bond motifs is 1. The van der Waals surface area contributed by atoms with Gasteiger partial charge in [0, 0.05) is 11.6 Å². The molecule has 2 aromatic carbocycles. The third-order valence-corrected chi connectivity index (χ3v) is 5.31. The Labute approximate surface area is 170 Å². The third kappa shape index (κ3) is 4.19. The summed E-state index contributed by atoms with van der Waals surface area (Å²) >= 11 is 0. The standard InChI is InChI=1S/C24H24O5/c1-2-27-18-12-13-19-21(15-18)28-22(23(19)25)14-17-10-6-7-11-20(17)29-24(26)16-8-4-3-5-9-16/h6-7,10-16H,2-5,8-9H2,1H3/b22-14-. The normalized spacial score (nSPS) is 17.7. The van der Waals surface area contributed by atoms with Gasteiger partial charge in [-0.3, -0.25) is 9.59 Å². The van der Waals surface area contributed by atoms with Crippen LogP contribution in [0.5, 0.6) is 17.2 Å². The monoisotopic (exact) mass is 392 g/mol. The van der Waals surface area contributed by atoms with Crippen LogP contribution in [0.1, 0.15) is 54.9 Å². The van der Waals surface area contributed by atoms with Gasteiger partial charge in [0.15, 0.2) is 5.76 Å². The lowest BCUT2D eigenvalue weighted by Crippen LogP contribution is -2.23. The maximum atomic E-state index is 12.7. The first-order valence-electron chi connectivity index (χ1n) is 10.2. The third-order valence-electron chi connectivity index (χ3n) is 5.31. The summed E-state index contributed by atoms with van der Waals surface area (Å²) in [5.74, 6) is 1.34. The van der Waals surface area contributed by atoms with Crippen LogP contribution < -0.4 is 14.2 Å². The van der Waals surface area contributed by atoms with E-state index >= 15 is 0 Å². The molecule has 2 aliphatic rings. The van der Waals surface area contributed by atoms with Gasteiger partial charge in [-0.2, -0.15) is 0 Å². The molecule has 0 atom stereocenters. The van der Waals surface area contributed by atoms with E-state index in [1.54, 1.807) is 30.3 Å².